The molecule has 0 radical (unpaired) electrons. The first-order chi connectivity index (χ1) is 13.8. The molecule has 1 aliphatic rings. The van der Waals surface area contributed by atoms with E-state index in [-0.39, 0.29) is 0 Å². The molecule has 1 fully saturated rings. The van der Waals surface area contributed by atoms with Crippen molar-refractivity contribution in [1.82, 2.24) is 0 Å². The molecule has 0 amide bonds. The molecule has 0 spiro atoms. The van der Waals surface area contributed by atoms with E-state index < -0.39 is 0 Å². The summed E-state index contributed by atoms with van der Waals surface area (Å²) in [5.41, 5.74) is 5.30. The minimum absolute atomic E-state index is 0.670. The van der Waals surface area contributed by atoms with Gasteiger partial charge in [0.05, 0.1) is 13.2 Å². The Morgan fingerprint density at radius 1 is 0.929 bits per heavy atom. The van der Waals surface area contributed by atoms with E-state index in [1.54, 1.807) is 0 Å². The number of ether oxygens (including phenoxy) is 1. The summed E-state index contributed by atoms with van der Waals surface area (Å²) in [4.78, 5) is 0. The highest BCUT2D eigenvalue weighted by atomic mass is 16.5. The molecule has 0 aliphatic heterocycles. The van der Waals surface area contributed by atoms with Gasteiger partial charge in [-0.1, -0.05) is 73.7 Å². The molecule has 2 aromatic rings. The quantitative estimate of drug-likeness (QED) is 0.323. The molecular formula is C27H34O. The predicted molar refractivity (Wildman–Crippen MR) is 120 cm³/mol. The molecule has 0 aromatic heterocycles. The predicted octanol–water partition coefficient (Wildman–Crippen LogP) is 7.69. The van der Waals surface area contributed by atoms with Crippen molar-refractivity contribution in [3.05, 3.63) is 84.5 Å². The third-order valence-electron chi connectivity index (χ3n) is 5.82. The Balaban J connectivity index is 1.54. The van der Waals surface area contributed by atoms with Crippen molar-refractivity contribution < 1.29 is 4.74 Å². The molecule has 2 aromatic carbocycles. The van der Waals surface area contributed by atoms with Crippen molar-refractivity contribution in [3.63, 3.8) is 0 Å². The summed E-state index contributed by atoms with van der Waals surface area (Å²) in [5, 5.41) is 0. The first-order valence-electron chi connectivity index (χ1n) is 10.8. The van der Waals surface area contributed by atoms with Gasteiger partial charge in [-0.2, -0.15) is 0 Å². The van der Waals surface area contributed by atoms with Crippen molar-refractivity contribution in [2.24, 2.45) is 5.92 Å². The maximum atomic E-state index is 5.64. The van der Waals surface area contributed by atoms with Gasteiger partial charge in [-0.3, -0.25) is 0 Å². The lowest BCUT2D eigenvalue weighted by molar-refractivity contribution is 0.125. The summed E-state index contributed by atoms with van der Waals surface area (Å²) in [6, 6.07) is 18.0. The minimum Gasteiger partial charge on any atom is -0.376 e. The zero-order valence-corrected chi connectivity index (χ0v) is 17.3. The second kappa shape index (κ2) is 11.0. The van der Waals surface area contributed by atoms with E-state index in [4.69, 9.17) is 4.74 Å². The lowest BCUT2D eigenvalue weighted by Crippen LogP contribution is -2.11. The molecule has 0 heterocycles. The van der Waals surface area contributed by atoms with Gasteiger partial charge in [0.15, 0.2) is 0 Å². The molecule has 1 aliphatic carbocycles. The molecular weight excluding hydrogens is 340 g/mol. The van der Waals surface area contributed by atoms with Crippen LogP contribution in [0.3, 0.4) is 0 Å². The van der Waals surface area contributed by atoms with Crippen LogP contribution in [0.2, 0.25) is 0 Å². The zero-order valence-electron chi connectivity index (χ0n) is 17.3. The van der Waals surface area contributed by atoms with E-state index >= 15 is 0 Å². The Kier molecular flexibility index (Phi) is 8.11. The van der Waals surface area contributed by atoms with Crippen LogP contribution in [0.15, 0.2) is 73.3 Å². The number of rotatable bonds is 9. The fourth-order valence-corrected chi connectivity index (χ4v) is 4.07. The van der Waals surface area contributed by atoms with Crippen LogP contribution in [0.4, 0.5) is 0 Å². The highest BCUT2D eigenvalue weighted by molar-refractivity contribution is 5.64. The number of benzene rings is 2. The van der Waals surface area contributed by atoms with Gasteiger partial charge in [0.2, 0.25) is 0 Å². The van der Waals surface area contributed by atoms with Crippen molar-refractivity contribution >= 4 is 0 Å². The van der Waals surface area contributed by atoms with Crippen LogP contribution in [-0.4, -0.2) is 6.61 Å². The third kappa shape index (κ3) is 5.94. The highest BCUT2D eigenvalue weighted by Crippen LogP contribution is 2.37. The number of hydrogen-bond donors (Lipinski definition) is 0. The fourth-order valence-electron chi connectivity index (χ4n) is 4.07. The molecule has 0 saturated heterocycles. The molecule has 1 saturated carbocycles. The van der Waals surface area contributed by atoms with Gasteiger partial charge in [-0.25, -0.2) is 0 Å². The van der Waals surface area contributed by atoms with Gasteiger partial charge in [0, 0.05) is 0 Å². The van der Waals surface area contributed by atoms with E-state index in [0.29, 0.717) is 6.61 Å². The smallest absolute Gasteiger partial charge is 0.0717 e. The lowest BCUT2D eigenvalue weighted by atomic mass is 9.78. The third-order valence-corrected chi connectivity index (χ3v) is 5.82. The average molecular weight is 375 g/mol. The summed E-state index contributed by atoms with van der Waals surface area (Å²) in [6.45, 7) is 7.34. The average Bonchev–Trinajstić information content (AvgIpc) is 2.76. The van der Waals surface area contributed by atoms with Crippen LogP contribution in [0.5, 0.6) is 0 Å². The summed E-state index contributed by atoms with van der Waals surface area (Å²) in [5.74, 6) is 1.53. The minimum atomic E-state index is 0.670. The first kappa shape index (κ1) is 20.6. The van der Waals surface area contributed by atoms with Crippen LogP contribution in [0.1, 0.15) is 62.5 Å². The normalized spacial score (nSPS) is 19.8. The zero-order chi connectivity index (χ0) is 19.6. The summed E-state index contributed by atoms with van der Waals surface area (Å²) in [7, 11) is 0. The van der Waals surface area contributed by atoms with Gasteiger partial charge in [-0.15, -0.1) is 6.58 Å². The molecule has 28 heavy (non-hydrogen) atoms. The number of hydrogen-bond acceptors (Lipinski definition) is 1. The van der Waals surface area contributed by atoms with E-state index in [1.165, 1.54) is 47.9 Å². The Bertz CT molecular complexity index is 731. The lowest BCUT2D eigenvalue weighted by Gasteiger charge is -2.27. The SMILES string of the molecule is C=CCCOCc1ccc(-c2ccc(C3CCC(C=CCC)CC3)cc2)cc1. The van der Waals surface area contributed by atoms with Gasteiger partial charge >= 0.3 is 0 Å². The van der Waals surface area contributed by atoms with Crippen LogP contribution in [0.25, 0.3) is 11.1 Å². The first-order valence-corrected chi connectivity index (χ1v) is 10.8. The summed E-state index contributed by atoms with van der Waals surface area (Å²) < 4.78 is 5.64. The second-order valence-corrected chi connectivity index (χ2v) is 7.90. The van der Waals surface area contributed by atoms with Crippen LogP contribution in [0, 0.1) is 5.92 Å². The second-order valence-electron chi connectivity index (χ2n) is 7.90. The maximum Gasteiger partial charge on any atom is 0.0717 e. The van der Waals surface area contributed by atoms with E-state index in [0.717, 1.165) is 31.3 Å². The van der Waals surface area contributed by atoms with E-state index in [1.807, 2.05) is 6.08 Å². The Hall–Kier alpha value is -2.12. The van der Waals surface area contributed by atoms with Gasteiger partial charge in [-0.05, 0) is 72.6 Å². The monoisotopic (exact) mass is 374 g/mol. The van der Waals surface area contributed by atoms with E-state index in [9.17, 15) is 0 Å². The Morgan fingerprint density at radius 2 is 1.57 bits per heavy atom. The fraction of sp³-hybridized carbons (Fsp3) is 0.407. The van der Waals surface area contributed by atoms with Gasteiger partial charge in [0.1, 0.15) is 0 Å². The molecule has 0 bridgehead atoms. The summed E-state index contributed by atoms with van der Waals surface area (Å²) >= 11 is 0. The largest absolute Gasteiger partial charge is 0.376 e. The van der Waals surface area contributed by atoms with Crippen LogP contribution < -0.4 is 0 Å². The maximum absolute atomic E-state index is 5.64. The standard InChI is InChI=1S/C27H34O/c1-3-5-7-22-8-12-24(13-9-22)26-16-18-27(19-17-26)25-14-10-23(11-15-25)21-28-20-6-4-2/h4-5,7,10-11,14-19,22,24H,2-3,6,8-9,12-13,20-21H2,1H3. The molecule has 1 heteroatoms. The Labute approximate surface area is 171 Å². The Morgan fingerprint density at radius 3 is 2.18 bits per heavy atom. The van der Waals surface area contributed by atoms with Gasteiger partial charge in [0.25, 0.3) is 0 Å². The van der Waals surface area contributed by atoms with Crippen LogP contribution in [-0.2, 0) is 11.3 Å². The van der Waals surface area contributed by atoms with Crippen molar-refractivity contribution in [2.45, 2.75) is 58.0 Å². The molecule has 0 unspecified atom stereocenters. The molecule has 0 N–H and O–H groups in total. The van der Waals surface area contributed by atoms with Gasteiger partial charge < -0.3 is 4.74 Å². The summed E-state index contributed by atoms with van der Waals surface area (Å²) in [6.07, 6.45) is 14.0. The van der Waals surface area contributed by atoms with Crippen molar-refractivity contribution in [2.75, 3.05) is 6.61 Å². The molecule has 148 valence electrons. The molecule has 3 rings (SSSR count). The highest BCUT2D eigenvalue weighted by Gasteiger charge is 2.20. The van der Waals surface area contributed by atoms with Crippen molar-refractivity contribution in [1.29, 1.82) is 0 Å². The van der Waals surface area contributed by atoms with Crippen molar-refractivity contribution in [3.8, 4) is 11.1 Å². The molecule has 1 nitrogen and oxygen atoms in total. The molecule has 0 atom stereocenters. The van der Waals surface area contributed by atoms with E-state index in [2.05, 4.69) is 74.2 Å². The topological polar surface area (TPSA) is 9.23 Å². The van der Waals surface area contributed by atoms with Crippen LogP contribution >= 0.6 is 0 Å². The number of allylic oxidation sites excluding steroid dienone is 2.